The number of aliphatic carboxylic acids is 1. The molecular weight excluding hydrogens is 226 g/mol. The fourth-order valence-corrected chi connectivity index (χ4v) is 2.14. The number of allylic oxidation sites excluding steroid dienone is 1. The Labute approximate surface area is 97.6 Å². The molecule has 0 atom stereocenters. The summed E-state index contributed by atoms with van der Waals surface area (Å²) in [4.78, 5) is 10.7. The molecule has 0 saturated heterocycles. The summed E-state index contributed by atoms with van der Waals surface area (Å²) in [5, 5.41) is 8.71. The molecule has 0 aromatic heterocycles. The van der Waals surface area contributed by atoms with Gasteiger partial charge in [-0.3, -0.25) is 0 Å². The fraction of sp³-hybridized carbons (Fsp3) is 0.308. The van der Waals surface area contributed by atoms with E-state index in [0.717, 1.165) is 5.56 Å². The second kappa shape index (κ2) is 4.28. The minimum absolute atomic E-state index is 0.305. The lowest BCUT2D eigenvalue weighted by atomic mass is 9.96. The number of hydrogen-bond acceptors (Lipinski definition) is 1. The van der Waals surface area contributed by atoms with E-state index < -0.39 is 11.9 Å². The van der Waals surface area contributed by atoms with Gasteiger partial charge in [0.05, 0.1) is 0 Å². The second-order valence-electron chi connectivity index (χ2n) is 4.11. The number of carbonyl (C=O) groups is 1. The molecule has 4 heteroatoms. The van der Waals surface area contributed by atoms with E-state index >= 15 is 0 Å². The lowest BCUT2D eigenvalue weighted by molar-refractivity contribution is -0.131. The molecule has 0 radical (unpaired) electrons. The van der Waals surface area contributed by atoms with Gasteiger partial charge < -0.3 is 5.11 Å². The van der Waals surface area contributed by atoms with Crippen molar-refractivity contribution in [3.05, 3.63) is 41.5 Å². The Bertz CT molecular complexity index is 478. The standard InChI is InChI=1S/C13H12F2O2/c14-13(15)7-3-5-9-4-1-2-6-10(9)11(13)8-12(16)17/h1-2,4,6,8H,3,5,7H2,(H,16,17)/b11-8-. The van der Waals surface area contributed by atoms with E-state index in [1.165, 1.54) is 0 Å². The number of aryl methyl sites for hydroxylation is 1. The van der Waals surface area contributed by atoms with Crippen molar-refractivity contribution >= 4 is 11.5 Å². The van der Waals surface area contributed by atoms with Gasteiger partial charge >= 0.3 is 5.97 Å². The number of benzene rings is 1. The summed E-state index contributed by atoms with van der Waals surface area (Å²) < 4.78 is 27.7. The van der Waals surface area contributed by atoms with Gasteiger partial charge in [0.25, 0.3) is 5.92 Å². The third-order valence-corrected chi connectivity index (χ3v) is 2.91. The van der Waals surface area contributed by atoms with Crippen molar-refractivity contribution in [1.82, 2.24) is 0 Å². The molecular formula is C13H12F2O2. The average molecular weight is 238 g/mol. The molecule has 0 aliphatic heterocycles. The Morgan fingerprint density at radius 3 is 2.76 bits per heavy atom. The molecule has 0 heterocycles. The number of carboxylic acids is 1. The zero-order valence-corrected chi connectivity index (χ0v) is 9.12. The van der Waals surface area contributed by atoms with E-state index in [1.54, 1.807) is 24.3 Å². The minimum Gasteiger partial charge on any atom is -0.478 e. The first-order valence-electron chi connectivity index (χ1n) is 5.42. The predicted molar refractivity (Wildman–Crippen MR) is 59.9 cm³/mol. The molecule has 1 aromatic rings. The van der Waals surface area contributed by atoms with E-state index in [1.807, 2.05) is 0 Å². The van der Waals surface area contributed by atoms with Gasteiger partial charge in [0, 0.05) is 18.1 Å². The molecule has 0 amide bonds. The topological polar surface area (TPSA) is 37.3 Å². The van der Waals surface area contributed by atoms with Crippen LogP contribution in [-0.4, -0.2) is 17.0 Å². The molecule has 17 heavy (non-hydrogen) atoms. The van der Waals surface area contributed by atoms with Gasteiger partial charge in [0.15, 0.2) is 0 Å². The van der Waals surface area contributed by atoms with E-state index in [9.17, 15) is 13.6 Å². The molecule has 0 saturated carbocycles. The van der Waals surface area contributed by atoms with Crippen LogP contribution in [0.2, 0.25) is 0 Å². The van der Waals surface area contributed by atoms with Crippen molar-refractivity contribution in [2.24, 2.45) is 0 Å². The molecule has 0 bridgehead atoms. The Kier molecular flexibility index (Phi) is 2.96. The highest BCUT2D eigenvalue weighted by atomic mass is 19.3. The fourth-order valence-electron chi connectivity index (χ4n) is 2.14. The van der Waals surface area contributed by atoms with Crippen molar-refractivity contribution in [2.75, 3.05) is 0 Å². The Balaban J connectivity index is 2.60. The number of fused-ring (bicyclic) bond motifs is 1. The molecule has 0 spiro atoms. The van der Waals surface area contributed by atoms with Crippen LogP contribution in [0.3, 0.4) is 0 Å². The SMILES string of the molecule is O=C(O)/C=C1/c2ccccc2CCCC1(F)F. The van der Waals surface area contributed by atoms with Crippen LogP contribution >= 0.6 is 0 Å². The van der Waals surface area contributed by atoms with Crippen molar-refractivity contribution in [3.8, 4) is 0 Å². The first kappa shape index (κ1) is 11.8. The third kappa shape index (κ3) is 2.35. The number of carboxylic acid groups (broad SMARTS) is 1. The molecule has 1 aliphatic rings. The molecule has 2 rings (SSSR count). The second-order valence-corrected chi connectivity index (χ2v) is 4.11. The highest BCUT2D eigenvalue weighted by Gasteiger charge is 2.37. The average Bonchev–Trinajstić information content (AvgIpc) is 2.37. The lowest BCUT2D eigenvalue weighted by Gasteiger charge is -2.17. The lowest BCUT2D eigenvalue weighted by Crippen LogP contribution is -2.18. The van der Waals surface area contributed by atoms with Gasteiger partial charge in [-0.2, -0.15) is 0 Å². The predicted octanol–water partition coefficient (Wildman–Crippen LogP) is 3.13. The first-order valence-corrected chi connectivity index (χ1v) is 5.42. The van der Waals surface area contributed by atoms with Crippen LogP contribution in [-0.2, 0) is 11.2 Å². The normalized spacial score (nSPS) is 20.7. The van der Waals surface area contributed by atoms with Gasteiger partial charge in [-0.15, -0.1) is 0 Å². The number of hydrogen-bond donors (Lipinski definition) is 1. The largest absolute Gasteiger partial charge is 0.478 e. The van der Waals surface area contributed by atoms with Crippen LogP contribution in [0.15, 0.2) is 30.3 Å². The molecule has 0 unspecified atom stereocenters. The Morgan fingerprint density at radius 2 is 2.06 bits per heavy atom. The zero-order valence-electron chi connectivity index (χ0n) is 9.12. The summed E-state index contributed by atoms with van der Waals surface area (Å²) >= 11 is 0. The molecule has 0 fully saturated rings. The van der Waals surface area contributed by atoms with Crippen LogP contribution in [0.1, 0.15) is 24.0 Å². The number of halogens is 2. The van der Waals surface area contributed by atoms with Gasteiger partial charge in [-0.1, -0.05) is 24.3 Å². The van der Waals surface area contributed by atoms with Crippen molar-refractivity contribution in [2.45, 2.75) is 25.2 Å². The van der Waals surface area contributed by atoms with Crippen LogP contribution < -0.4 is 0 Å². The Morgan fingerprint density at radius 1 is 1.35 bits per heavy atom. The minimum atomic E-state index is -3.06. The highest BCUT2D eigenvalue weighted by Crippen LogP contribution is 2.40. The van der Waals surface area contributed by atoms with Gasteiger partial charge in [0.2, 0.25) is 0 Å². The molecule has 90 valence electrons. The first-order chi connectivity index (χ1) is 8.00. The summed E-state index contributed by atoms with van der Waals surface area (Å²) in [6.07, 6.45) is 1.24. The van der Waals surface area contributed by atoms with Crippen LogP contribution in [0.25, 0.3) is 5.57 Å². The van der Waals surface area contributed by atoms with Crippen molar-refractivity contribution < 1.29 is 18.7 Å². The third-order valence-electron chi connectivity index (χ3n) is 2.91. The van der Waals surface area contributed by atoms with Crippen LogP contribution in [0.5, 0.6) is 0 Å². The van der Waals surface area contributed by atoms with E-state index in [0.29, 0.717) is 24.5 Å². The van der Waals surface area contributed by atoms with Crippen molar-refractivity contribution in [3.63, 3.8) is 0 Å². The monoisotopic (exact) mass is 238 g/mol. The zero-order chi connectivity index (χ0) is 12.5. The van der Waals surface area contributed by atoms with E-state index in [4.69, 9.17) is 5.11 Å². The summed E-state index contributed by atoms with van der Waals surface area (Å²) in [5.41, 5.74) is 0.771. The summed E-state index contributed by atoms with van der Waals surface area (Å²) in [7, 11) is 0. The van der Waals surface area contributed by atoms with Gasteiger partial charge in [-0.05, 0) is 24.0 Å². The smallest absolute Gasteiger partial charge is 0.328 e. The maximum atomic E-state index is 13.8. The molecule has 1 aromatic carbocycles. The van der Waals surface area contributed by atoms with Gasteiger partial charge in [-0.25, -0.2) is 13.6 Å². The van der Waals surface area contributed by atoms with E-state index in [-0.39, 0.29) is 12.0 Å². The van der Waals surface area contributed by atoms with Crippen molar-refractivity contribution in [1.29, 1.82) is 0 Å². The molecule has 1 aliphatic carbocycles. The van der Waals surface area contributed by atoms with Crippen LogP contribution in [0.4, 0.5) is 8.78 Å². The highest BCUT2D eigenvalue weighted by molar-refractivity contribution is 5.92. The maximum absolute atomic E-state index is 13.8. The quantitative estimate of drug-likeness (QED) is 0.603. The molecule has 2 nitrogen and oxygen atoms in total. The molecule has 1 N–H and O–H groups in total. The number of rotatable bonds is 1. The number of alkyl halides is 2. The van der Waals surface area contributed by atoms with Crippen LogP contribution in [0, 0.1) is 0 Å². The summed E-state index contributed by atoms with van der Waals surface area (Å²) in [6.45, 7) is 0. The Hall–Kier alpha value is -1.71. The maximum Gasteiger partial charge on any atom is 0.328 e. The van der Waals surface area contributed by atoms with Gasteiger partial charge in [0.1, 0.15) is 0 Å². The summed E-state index contributed by atoms with van der Waals surface area (Å²) in [5.74, 6) is -4.40. The van der Waals surface area contributed by atoms with E-state index in [2.05, 4.69) is 0 Å². The summed E-state index contributed by atoms with van der Waals surface area (Å²) in [6, 6.07) is 6.76.